The van der Waals surface area contributed by atoms with E-state index in [2.05, 4.69) is 15.8 Å². The van der Waals surface area contributed by atoms with Crippen molar-refractivity contribution in [1.82, 2.24) is 5.43 Å². The molecule has 0 aromatic heterocycles. The van der Waals surface area contributed by atoms with Gasteiger partial charge in [0.2, 0.25) is 0 Å². The molecule has 3 aromatic rings. The van der Waals surface area contributed by atoms with Crippen LogP contribution in [0.1, 0.15) is 15.9 Å². The predicted molar refractivity (Wildman–Crippen MR) is 124 cm³/mol. The number of halogens is 3. The normalized spacial score (nSPS) is 10.6. The molecule has 0 atom stereocenters. The van der Waals surface area contributed by atoms with E-state index < -0.39 is 17.8 Å². The van der Waals surface area contributed by atoms with Gasteiger partial charge in [-0.3, -0.25) is 9.59 Å². The van der Waals surface area contributed by atoms with Crippen LogP contribution in [-0.2, 0) is 9.59 Å². The molecule has 3 aromatic carbocycles. The number of para-hydroxylation sites is 1. The minimum absolute atomic E-state index is 0.107. The highest BCUT2D eigenvalue weighted by atomic mass is 35.5. The van der Waals surface area contributed by atoms with Crippen LogP contribution in [0.2, 0.25) is 15.1 Å². The largest absolute Gasteiger partial charge is 0.422 e. The van der Waals surface area contributed by atoms with Crippen LogP contribution in [0.3, 0.4) is 0 Å². The molecule has 0 aliphatic carbocycles. The maximum absolute atomic E-state index is 12.3. The second-order valence-electron chi connectivity index (χ2n) is 6.19. The van der Waals surface area contributed by atoms with Gasteiger partial charge in [0.25, 0.3) is 0 Å². The number of carbonyl (C=O) groups excluding carboxylic acids is 3. The average Bonchev–Trinajstić information content (AvgIpc) is 2.78. The first-order valence-electron chi connectivity index (χ1n) is 9.00. The van der Waals surface area contributed by atoms with Gasteiger partial charge in [-0.2, -0.15) is 5.10 Å². The minimum atomic E-state index is -1.03. The molecule has 0 unspecified atom stereocenters. The van der Waals surface area contributed by atoms with Crippen LogP contribution in [-0.4, -0.2) is 24.0 Å². The van der Waals surface area contributed by atoms with Crippen molar-refractivity contribution < 1.29 is 19.1 Å². The zero-order valence-electron chi connectivity index (χ0n) is 16.1. The summed E-state index contributed by atoms with van der Waals surface area (Å²) in [6, 6.07) is 17.4. The summed E-state index contributed by atoms with van der Waals surface area (Å²) in [5.41, 5.74) is 2.98. The van der Waals surface area contributed by atoms with Crippen molar-refractivity contribution in [3.63, 3.8) is 0 Å². The van der Waals surface area contributed by atoms with E-state index in [0.29, 0.717) is 16.1 Å². The molecule has 2 N–H and O–H groups in total. The second-order valence-corrected chi connectivity index (χ2v) is 7.41. The molecule has 0 fully saturated rings. The number of hydrogen-bond acceptors (Lipinski definition) is 5. The average molecular weight is 491 g/mol. The molecule has 0 saturated heterocycles. The molecule has 0 radical (unpaired) electrons. The van der Waals surface area contributed by atoms with E-state index in [9.17, 15) is 14.4 Å². The Kier molecular flexibility index (Phi) is 7.83. The summed E-state index contributed by atoms with van der Waals surface area (Å²) in [4.78, 5) is 36.4. The smallest absolute Gasteiger partial charge is 0.343 e. The zero-order chi connectivity index (χ0) is 23.1. The van der Waals surface area contributed by atoms with E-state index in [0.717, 1.165) is 0 Å². The molecule has 2 amide bonds. The van der Waals surface area contributed by atoms with Crippen LogP contribution in [0.15, 0.2) is 71.8 Å². The van der Waals surface area contributed by atoms with Gasteiger partial charge in [-0.25, -0.2) is 10.2 Å². The Hall–Kier alpha value is -3.39. The van der Waals surface area contributed by atoms with Crippen LogP contribution in [0.5, 0.6) is 5.75 Å². The fraction of sp³-hybridized carbons (Fsp3) is 0. The predicted octanol–water partition coefficient (Wildman–Crippen LogP) is 4.95. The zero-order valence-corrected chi connectivity index (χ0v) is 18.4. The van der Waals surface area contributed by atoms with Crippen LogP contribution in [0, 0.1) is 0 Å². The molecule has 0 heterocycles. The van der Waals surface area contributed by atoms with Gasteiger partial charge in [-0.05, 0) is 48.5 Å². The minimum Gasteiger partial charge on any atom is -0.422 e. The van der Waals surface area contributed by atoms with Crippen LogP contribution in [0.25, 0.3) is 0 Å². The van der Waals surface area contributed by atoms with Crippen molar-refractivity contribution in [2.45, 2.75) is 0 Å². The topological polar surface area (TPSA) is 96.9 Å². The Labute approximate surface area is 197 Å². The molecule has 162 valence electrons. The van der Waals surface area contributed by atoms with E-state index in [1.54, 1.807) is 48.5 Å². The molecule has 0 aliphatic rings. The highest BCUT2D eigenvalue weighted by Crippen LogP contribution is 2.29. The van der Waals surface area contributed by atoms with Gasteiger partial charge in [-0.15, -0.1) is 0 Å². The van der Waals surface area contributed by atoms with Gasteiger partial charge in [0.05, 0.1) is 27.5 Å². The van der Waals surface area contributed by atoms with Crippen molar-refractivity contribution in [1.29, 1.82) is 0 Å². The maximum Gasteiger partial charge on any atom is 0.343 e. The number of anilines is 1. The van der Waals surface area contributed by atoms with E-state index in [1.807, 2.05) is 0 Å². The molecule has 3 rings (SSSR count). The number of benzene rings is 3. The molecule has 32 heavy (non-hydrogen) atoms. The number of nitrogens with zero attached hydrogens (tertiary/aromatic N) is 1. The Morgan fingerprint density at radius 3 is 2.31 bits per heavy atom. The van der Waals surface area contributed by atoms with Gasteiger partial charge in [0, 0.05) is 10.6 Å². The Morgan fingerprint density at radius 1 is 0.844 bits per heavy atom. The van der Waals surface area contributed by atoms with Crippen molar-refractivity contribution in [3.8, 4) is 5.75 Å². The molecular formula is C22H14Cl3N3O4. The van der Waals surface area contributed by atoms with Crippen LogP contribution < -0.4 is 15.5 Å². The summed E-state index contributed by atoms with van der Waals surface area (Å²) in [6.07, 6.45) is 1.24. The number of amides is 2. The third-order valence-electron chi connectivity index (χ3n) is 3.98. The Bertz CT molecular complexity index is 1200. The summed E-state index contributed by atoms with van der Waals surface area (Å²) in [5.74, 6) is -2.41. The molecule has 0 spiro atoms. The van der Waals surface area contributed by atoms with Crippen molar-refractivity contribution in [2.75, 3.05) is 5.32 Å². The fourth-order valence-corrected chi connectivity index (χ4v) is 2.89. The first-order valence-corrected chi connectivity index (χ1v) is 10.1. The van der Waals surface area contributed by atoms with E-state index in [4.69, 9.17) is 39.5 Å². The van der Waals surface area contributed by atoms with Crippen LogP contribution >= 0.6 is 34.8 Å². The van der Waals surface area contributed by atoms with Crippen molar-refractivity contribution >= 4 is 64.5 Å². The van der Waals surface area contributed by atoms with Gasteiger partial charge >= 0.3 is 17.8 Å². The van der Waals surface area contributed by atoms with Crippen molar-refractivity contribution in [2.24, 2.45) is 5.10 Å². The Balaban J connectivity index is 1.63. The summed E-state index contributed by atoms with van der Waals surface area (Å²) in [7, 11) is 0. The number of ether oxygens (including phenoxy) is 1. The van der Waals surface area contributed by atoms with Gasteiger partial charge < -0.3 is 10.1 Å². The molecular weight excluding hydrogens is 477 g/mol. The molecule has 7 nitrogen and oxygen atoms in total. The molecule has 0 saturated carbocycles. The summed E-state index contributed by atoms with van der Waals surface area (Å²) < 4.78 is 5.39. The van der Waals surface area contributed by atoms with E-state index in [-0.39, 0.29) is 21.5 Å². The molecule has 10 heteroatoms. The lowest BCUT2D eigenvalue weighted by Gasteiger charge is -2.08. The number of carbonyl (C=O) groups is 3. The summed E-state index contributed by atoms with van der Waals surface area (Å²) in [5, 5.41) is 6.91. The fourth-order valence-electron chi connectivity index (χ4n) is 2.42. The molecule has 0 aliphatic heterocycles. The summed E-state index contributed by atoms with van der Waals surface area (Å²) >= 11 is 17.7. The summed E-state index contributed by atoms with van der Waals surface area (Å²) in [6.45, 7) is 0. The lowest BCUT2D eigenvalue weighted by atomic mass is 10.2. The van der Waals surface area contributed by atoms with Gasteiger partial charge in [0.15, 0.2) is 0 Å². The first kappa shape index (κ1) is 23.3. The third-order valence-corrected chi connectivity index (χ3v) is 5.05. The monoisotopic (exact) mass is 489 g/mol. The Morgan fingerprint density at radius 2 is 1.56 bits per heavy atom. The number of hydrogen-bond donors (Lipinski definition) is 2. The highest BCUT2D eigenvalue weighted by Gasteiger charge is 2.16. The number of hydrazone groups is 1. The lowest BCUT2D eigenvalue weighted by Crippen LogP contribution is -2.32. The van der Waals surface area contributed by atoms with E-state index in [1.165, 1.54) is 24.4 Å². The van der Waals surface area contributed by atoms with Gasteiger partial charge in [0.1, 0.15) is 5.75 Å². The third kappa shape index (κ3) is 6.07. The van der Waals surface area contributed by atoms with Crippen LogP contribution in [0.4, 0.5) is 5.69 Å². The lowest BCUT2D eigenvalue weighted by molar-refractivity contribution is -0.136. The van der Waals surface area contributed by atoms with Crippen molar-refractivity contribution in [3.05, 3.63) is 92.9 Å². The second kappa shape index (κ2) is 10.8. The standard InChI is InChI=1S/C22H14Cl3N3O4/c23-15-10-8-13(9-11-15)22(31)32-18-7-2-1-4-14(18)12-26-28-21(30)20(29)27-17-6-3-5-16(24)19(17)25/h1-12H,(H,27,29)(H,28,30)/b26-12+. The number of rotatable bonds is 5. The first-order chi connectivity index (χ1) is 15.3. The quantitative estimate of drug-likeness (QED) is 0.174. The number of nitrogens with one attached hydrogen (secondary N) is 2. The molecule has 0 bridgehead atoms. The van der Waals surface area contributed by atoms with Gasteiger partial charge in [-0.1, -0.05) is 53.0 Å². The number of esters is 1. The SMILES string of the molecule is O=C(N/N=C/c1ccccc1OC(=O)c1ccc(Cl)cc1)C(=O)Nc1cccc(Cl)c1Cl. The highest BCUT2D eigenvalue weighted by molar-refractivity contribution is 6.45. The maximum atomic E-state index is 12.3. The van der Waals surface area contributed by atoms with E-state index >= 15 is 0 Å².